The number of benzene rings is 1. The maximum atomic E-state index is 13.6. The molecule has 192 valence electrons. The number of halogens is 1. The summed E-state index contributed by atoms with van der Waals surface area (Å²) in [5.74, 6) is -0.0248. The lowest BCUT2D eigenvalue weighted by atomic mass is 9.90. The van der Waals surface area contributed by atoms with Gasteiger partial charge in [0, 0.05) is 43.2 Å². The van der Waals surface area contributed by atoms with E-state index in [1.165, 1.54) is 12.1 Å². The van der Waals surface area contributed by atoms with E-state index >= 15 is 0 Å². The Morgan fingerprint density at radius 2 is 1.78 bits per heavy atom. The molecule has 0 aliphatic carbocycles. The van der Waals surface area contributed by atoms with Gasteiger partial charge in [-0.15, -0.1) is 0 Å². The fourth-order valence-electron chi connectivity index (χ4n) is 4.79. The summed E-state index contributed by atoms with van der Waals surface area (Å²) >= 11 is 0. The third-order valence-corrected chi connectivity index (χ3v) is 6.66. The molecule has 0 N–H and O–H groups in total. The van der Waals surface area contributed by atoms with Crippen molar-refractivity contribution < 1.29 is 18.4 Å². The number of pyridine rings is 1. The molecule has 6 nitrogen and oxygen atoms in total. The van der Waals surface area contributed by atoms with Crippen molar-refractivity contribution in [2.75, 3.05) is 19.6 Å². The highest BCUT2D eigenvalue weighted by Gasteiger charge is 2.40. The highest BCUT2D eigenvalue weighted by Crippen LogP contribution is 2.33. The predicted molar refractivity (Wildman–Crippen MR) is 139 cm³/mol. The molecule has 3 heterocycles. The van der Waals surface area contributed by atoms with E-state index in [0.29, 0.717) is 42.8 Å². The van der Waals surface area contributed by atoms with E-state index < -0.39 is 5.54 Å². The SMILES string of the molecule is CC(C)c1cc(-c2ccc(F)cc2)nc2cc(C(=O)N3CCN(C(=O)CC(C)(C)C)CC3(C)C)oc12. The second-order valence-electron chi connectivity index (χ2n) is 11.9. The van der Waals surface area contributed by atoms with Gasteiger partial charge in [0.2, 0.25) is 5.91 Å². The van der Waals surface area contributed by atoms with Crippen molar-refractivity contribution in [2.45, 2.75) is 66.3 Å². The largest absolute Gasteiger partial charge is 0.449 e. The standard InChI is InChI=1S/C29H36FN3O3/c1-18(2)21-14-22(19-8-10-20(30)11-9-19)31-23-15-24(36-26(21)23)27(35)33-13-12-32(17-29(33,6)7)25(34)16-28(3,4)5/h8-11,14-15,18H,12-13,16-17H2,1-7H3. The van der Waals surface area contributed by atoms with E-state index in [2.05, 4.69) is 34.6 Å². The monoisotopic (exact) mass is 493 g/mol. The van der Waals surface area contributed by atoms with Crippen LogP contribution in [0.3, 0.4) is 0 Å². The first-order valence-electron chi connectivity index (χ1n) is 12.6. The minimum Gasteiger partial charge on any atom is -0.449 e. The summed E-state index contributed by atoms with van der Waals surface area (Å²) in [4.78, 5) is 34.8. The molecule has 0 spiro atoms. The van der Waals surface area contributed by atoms with Gasteiger partial charge in [0.1, 0.15) is 11.3 Å². The topological polar surface area (TPSA) is 66.7 Å². The number of carbonyl (C=O) groups is 2. The number of nitrogens with zero attached hydrogens (tertiary/aromatic N) is 3. The van der Waals surface area contributed by atoms with Crippen LogP contribution < -0.4 is 0 Å². The summed E-state index contributed by atoms with van der Waals surface area (Å²) in [7, 11) is 0. The number of rotatable bonds is 4. The Morgan fingerprint density at radius 1 is 1.11 bits per heavy atom. The normalized spacial score (nSPS) is 16.1. The van der Waals surface area contributed by atoms with E-state index in [9.17, 15) is 14.0 Å². The lowest BCUT2D eigenvalue weighted by Crippen LogP contribution is -2.62. The molecule has 1 saturated heterocycles. The smallest absolute Gasteiger partial charge is 0.290 e. The fourth-order valence-corrected chi connectivity index (χ4v) is 4.79. The Morgan fingerprint density at radius 3 is 2.36 bits per heavy atom. The van der Waals surface area contributed by atoms with Crippen LogP contribution in [0.4, 0.5) is 4.39 Å². The average Bonchev–Trinajstić information content (AvgIpc) is 3.20. The molecular formula is C29H36FN3O3. The Hall–Kier alpha value is -3.22. The molecule has 0 radical (unpaired) electrons. The zero-order valence-electron chi connectivity index (χ0n) is 22.3. The lowest BCUT2D eigenvalue weighted by molar-refractivity contribution is -0.137. The molecule has 3 aromatic rings. The summed E-state index contributed by atoms with van der Waals surface area (Å²) in [6.07, 6.45) is 0.473. The lowest BCUT2D eigenvalue weighted by Gasteiger charge is -2.47. The fraction of sp³-hybridized carbons (Fsp3) is 0.483. The molecule has 36 heavy (non-hydrogen) atoms. The molecule has 2 aromatic heterocycles. The molecule has 1 aromatic carbocycles. The van der Waals surface area contributed by atoms with Crippen LogP contribution in [0.2, 0.25) is 0 Å². The van der Waals surface area contributed by atoms with Crippen molar-refractivity contribution in [3.8, 4) is 11.3 Å². The van der Waals surface area contributed by atoms with Crippen LogP contribution in [0, 0.1) is 11.2 Å². The molecular weight excluding hydrogens is 457 g/mol. The van der Waals surface area contributed by atoms with Crippen LogP contribution in [0.5, 0.6) is 0 Å². The number of amides is 2. The van der Waals surface area contributed by atoms with Crippen LogP contribution in [-0.2, 0) is 4.79 Å². The molecule has 2 amide bonds. The summed E-state index contributed by atoms with van der Waals surface area (Å²) in [5.41, 5.74) is 3.00. The maximum absolute atomic E-state index is 13.6. The maximum Gasteiger partial charge on any atom is 0.290 e. The van der Waals surface area contributed by atoms with E-state index in [1.807, 2.05) is 24.8 Å². The van der Waals surface area contributed by atoms with E-state index in [0.717, 1.165) is 11.1 Å². The number of aromatic nitrogens is 1. The number of hydrogen-bond acceptors (Lipinski definition) is 4. The van der Waals surface area contributed by atoms with E-state index in [-0.39, 0.29) is 34.7 Å². The van der Waals surface area contributed by atoms with Crippen molar-refractivity contribution in [1.29, 1.82) is 0 Å². The summed E-state index contributed by atoms with van der Waals surface area (Å²) in [6, 6.07) is 9.86. The van der Waals surface area contributed by atoms with E-state index in [1.54, 1.807) is 23.1 Å². The minimum atomic E-state index is -0.546. The highest BCUT2D eigenvalue weighted by atomic mass is 19.1. The van der Waals surface area contributed by atoms with Gasteiger partial charge in [-0.1, -0.05) is 34.6 Å². The Kier molecular flexibility index (Phi) is 6.71. The third kappa shape index (κ3) is 5.30. The quantitative estimate of drug-likeness (QED) is 0.430. The summed E-state index contributed by atoms with van der Waals surface area (Å²) in [5, 5.41) is 0. The van der Waals surface area contributed by atoms with Gasteiger partial charge >= 0.3 is 0 Å². The van der Waals surface area contributed by atoms with Crippen molar-refractivity contribution in [3.63, 3.8) is 0 Å². The summed E-state index contributed by atoms with van der Waals surface area (Å²) < 4.78 is 19.6. The van der Waals surface area contributed by atoms with Crippen molar-refractivity contribution in [3.05, 3.63) is 53.5 Å². The molecule has 0 unspecified atom stereocenters. The molecule has 7 heteroatoms. The number of piperazine rings is 1. The van der Waals surface area contributed by atoms with Crippen molar-refractivity contribution in [1.82, 2.24) is 14.8 Å². The second-order valence-corrected chi connectivity index (χ2v) is 11.9. The summed E-state index contributed by atoms with van der Waals surface area (Å²) in [6.45, 7) is 15.6. The predicted octanol–water partition coefficient (Wildman–Crippen LogP) is 6.26. The van der Waals surface area contributed by atoms with Gasteiger partial charge in [-0.3, -0.25) is 9.59 Å². The van der Waals surface area contributed by atoms with Crippen molar-refractivity contribution in [2.24, 2.45) is 5.41 Å². The molecule has 0 bridgehead atoms. The highest BCUT2D eigenvalue weighted by molar-refractivity contribution is 5.97. The molecule has 1 fully saturated rings. The molecule has 1 aliphatic rings. The molecule has 4 rings (SSSR count). The second kappa shape index (κ2) is 9.34. The number of fused-ring (bicyclic) bond motifs is 1. The van der Waals surface area contributed by atoms with Crippen LogP contribution >= 0.6 is 0 Å². The average molecular weight is 494 g/mol. The van der Waals surface area contributed by atoms with E-state index in [4.69, 9.17) is 9.40 Å². The molecule has 0 saturated carbocycles. The van der Waals surface area contributed by atoms with Gasteiger partial charge in [0.15, 0.2) is 11.3 Å². The van der Waals surface area contributed by atoms with Gasteiger partial charge in [-0.25, -0.2) is 9.37 Å². The first-order valence-corrected chi connectivity index (χ1v) is 12.6. The number of carbonyl (C=O) groups excluding carboxylic acids is 2. The van der Waals surface area contributed by atoms with Gasteiger partial charge in [-0.2, -0.15) is 0 Å². The minimum absolute atomic E-state index is 0.0870. The van der Waals surface area contributed by atoms with Crippen LogP contribution in [0.25, 0.3) is 22.4 Å². The zero-order valence-corrected chi connectivity index (χ0v) is 22.3. The van der Waals surface area contributed by atoms with Crippen molar-refractivity contribution >= 4 is 22.9 Å². The third-order valence-electron chi connectivity index (χ3n) is 6.66. The first kappa shape index (κ1) is 25.9. The van der Waals surface area contributed by atoms with Gasteiger partial charge in [0.05, 0.1) is 11.2 Å². The molecule has 0 atom stereocenters. The Bertz CT molecular complexity index is 1290. The van der Waals surface area contributed by atoms with Gasteiger partial charge in [0.25, 0.3) is 5.91 Å². The Labute approximate surface area is 212 Å². The van der Waals surface area contributed by atoms with Gasteiger partial charge < -0.3 is 14.2 Å². The van der Waals surface area contributed by atoms with Crippen LogP contribution in [0.15, 0.2) is 40.8 Å². The molecule has 1 aliphatic heterocycles. The van der Waals surface area contributed by atoms with Gasteiger partial charge in [-0.05, 0) is 55.5 Å². The van der Waals surface area contributed by atoms with Crippen LogP contribution in [0.1, 0.15) is 76.9 Å². The first-order chi connectivity index (χ1) is 16.7. The number of hydrogen-bond donors (Lipinski definition) is 0. The zero-order chi connectivity index (χ0) is 26.4. The van der Waals surface area contributed by atoms with Crippen LogP contribution in [-0.4, -0.2) is 51.8 Å². The Balaban J connectivity index is 1.63. The number of furan rings is 1.